The monoisotopic (exact) mass is 1120 g/mol. The number of carbonyl (C=O) groups excluding carboxylic acids is 8. The van der Waals surface area contributed by atoms with E-state index in [9.17, 15) is 53.1 Å². The lowest BCUT2D eigenvalue weighted by Gasteiger charge is -2.26. The largest absolute Gasteiger partial charge is 0.481 e. The van der Waals surface area contributed by atoms with Crippen LogP contribution in [-0.2, 0) is 59.0 Å². The molecule has 0 heterocycles. The smallest absolute Gasteiger partial charge is 0.329 e. The van der Waals surface area contributed by atoms with Crippen molar-refractivity contribution in [3.8, 4) is 0 Å². The van der Waals surface area contributed by atoms with E-state index >= 15 is 0 Å². The van der Waals surface area contributed by atoms with E-state index in [0.717, 1.165) is 3.57 Å². The third-order valence-electron chi connectivity index (χ3n) is 9.86. The van der Waals surface area contributed by atoms with Crippen molar-refractivity contribution in [1.29, 1.82) is 0 Å². The summed E-state index contributed by atoms with van der Waals surface area (Å²) in [5.74, 6) is -7.84. The number of carbonyl (C=O) groups is 10. The predicted octanol–water partition coefficient (Wildman–Crippen LogP) is 4.46. The van der Waals surface area contributed by atoms with Gasteiger partial charge in [-0.3, -0.25) is 33.6 Å². The van der Waals surface area contributed by atoms with Crippen LogP contribution in [0.5, 0.6) is 0 Å². The van der Waals surface area contributed by atoms with Crippen LogP contribution in [0.3, 0.4) is 0 Å². The molecule has 21 nitrogen and oxygen atoms in total. The Hall–Kier alpha value is -6.33. The number of esters is 3. The van der Waals surface area contributed by atoms with Crippen molar-refractivity contribution in [1.82, 2.24) is 31.9 Å². The van der Waals surface area contributed by atoms with E-state index in [1.165, 1.54) is 0 Å². The van der Waals surface area contributed by atoms with Crippen LogP contribution in [0, 0.1) is 3.57 Å². The van der Waals surface area contributed by atoms with Crippen LogP contribution in [0.25, 0.3) is 0 Å². The van der Waals surface area contributed by atoms with Crippen molar-refractivity contribution in [2.45, 2.75) is 174 Å². The molecule has 0 spiro atoms. The Bertz CT molecular complexity index is 2190. The molecular formula is C50H71IN6O15. The average Bonchev–Trinajstić information content (AvgIpc) is 3.25. The van der Waals surface area contributed by atoms with Gasteiger partial charge in [-0.1, -0.05) is 30.3 Å². The molecule has 5 unspecified atom stereocenters. The number of carboxylic acids is 2. The maximum Gasteiger partial charge on any atom is 0.329 e. The summed E-state index contributed by atoms with van der Waals surface area (Å²) in [6, 6.07) is 7.31. The summed E-state index contributed by atoms with van der Waals surface area (Å²) in [6.45, 7) is 14.9. The van der Waals surface area contributed by atoms with Gasteiger partial charge < -0.3 is 56.3 Å². The molecular weight excluding hydrogens is 1050 g/mol. The number of nitrogens with one attached hydrogen (secondary N) is 6. The molecule has 0 aliphatic rings. The SMILES string of the molecule is CC(C)(C)OC(=O)CCC(NC(=O)c1ccc(I)cc1)C(=O)NC(CCC(=O)OC(C)(C)C)C(=O)NC(Cc1ccccc1)C(=O)NCCCCC(NC(=O)NC(CCC(=O)O)C(=O)O)C(=O)OC(C)(C)C. The first-order valence-electron chi connectivity index (χ1n) is 23.6. The van der Waals surface area contributed by atoms with Gasteiger partial charge >= 0.3 is 35.9 Å². The lowest BCUT2D eigenvalue weighted by atomic mass is 10.0. The van der Waals surface area contributed by atoms with Gasteiger partial charge in [-0.05, 0) is 153 Å². The predicted molar refractivity (Wildman–Crippen MR) is 271 cm³/mol. The number of unbranched alkanes of at least 4 members (excludes halogenated alkanes) is 1. The summed E-state index contributed by atoms with van der Waals surface area (Å²) in [4.78, 5) is 130. The van der Waals surface area contributed by atoms with Crippen molar-refractivity contribution < 1.29 is 72.4 Å². The standard InChI is InChI=1S/C50H71IN6O15/c1-48(2,3)70-39(60)26-23-33(53-41(62)31-18-20-32(51)21-19-31)43(64)54-34(24-27-40(61)71-49(4,5)6)44(65)55-37(29-30-15-11-10-12-16-30)42(63)52-28-14-13-17-36(46(68)72-50(7,8)9)57-47(69)56-35(45(66)67)22-25-38(58)59/h10-12,15-16,18-21,33-37H,13-14,17,22-29H2,1-9H3,(H,52,63)(H,53,62)(H,54,64)(H,55,65)(H,58,59)(H,66,67)(H2,56,57,69). The molecule has 0 aliphatic carbocycles. The van der Waals surface area contributed by atoms with E-state index in [-0.39, 0.29) is 63.5 Å². The molecule has 2 aromatic rings. The number of urea groups is 1. The third kappa shape index (κ3) is 26.2. The van der Waals surface area contributed by atoms with Crippen LogP contribution < -0.4 is 31.9 Å². The first kappa shape index (κ1) is 61.8. The highest BCUT2D eigenvalue weighted by Gasteiger charge is 2.33. The summed E-state index contributed by atoms with van der Waals surface area (Å²) in [6.07, 6.45) is -1.65. The normalized spacial score (nSPS) is 13.6. The summed E-state index contributed by atoms with van der Waals surface area (Å²) in [5, 5.41) is 33.8. The molecule has 2 rings (SSSR count). The molecule has 0 aromatic heterocycles. The maximum absolute atomic E-state index is 14.3. The lowest BCUT2D eigenvalue weighted by molar-refractivity contribution is -0.158. The number of hydrogen-bond acceptors (Lipinski definition) is 13. The summed E-state index contributed by atoms with van der Waals surface area (Å²) in [5.41, 5.74) is -1.78. The number of halogens is 1. The molecule has 0 radical (unpaired) electrons. The minimum Gasteiger partial charge on any atom is -0.481 e. The maximum atomic E-state index is 14.3. The van der Waals surface area contributed by atoms with Crippen molar-refractivity contribution in [3.05, 3.63) is 69.3 Å². The third-order valence-corrected chi connectivity index (χ3v) is 10.6. The minimum absolute atomic E-state index is 0.0146. The fourth-order valence-electron chi connectivity index (χ4n) is 6.61. The Morgan fingerprint density at radius 2 is 1.01 bits per heavy atom. The molecule has 0 aliphatic heterocycles. The highest BCUT2D eigenvalue weighted by atomic mass is 127. The van der Waals surface area contributed by atoms with Crippen LogP contribution >= 0.6 is 22.6 Å². The van der Waals surface area contributed by atoms with E-state index in [4.69, 9.17) is 19.3 Å². The molecule has 5 atom stereocenters. The lowest BCUT2D eigenvalue weighted by Crippen LogP contribution is -2.57. The van der Waals surface area contributed by atoms with E-state index in [0.29, 0.717) is 5.56 Å². The summed E-state index contributed by atoms with van der Waals surface area (Å²) < 4.78 is 17.2. The molecule has 72 heavy (non-hydrogen) atoms. The molecule has 0 bridgehead atoms. The molecule has 2 aromatic carbocycles. The number of carboxylic acid groups (broad SMARTS) is 2. The van der Waals surface area contributed by atoms with Gasteiger partial charge in [0.2, 0.25) is 17.7 Å². The van der Waals surface area contributed by atoms with Gasteiger partial charge in [0.25, 0.3) is 5.91 Å². The zero-order valence-electron chi connectivity index (χ0n) is 42.4. The number of aliphatic carboxylic acids is 2. The van der Waals surface area contributed by atoms with Gasteiger partial charge in [-0.15, -0.1) is 0 Å². The molecule has 8 N–H and O–H groups in total. The van der Waals surface area contributed by atoms with E-state index < -0.39 is 119 Å². The van der Waals surface area contributed by atoms with Gasteiger partial charge in [0.1, 0.15) is 47.0 Å². The van der Waals surface area contributed by atoms with Gasteiger partial charge in [-0.25, -0.2) is 14.4 Å². The number of hydrogen-bond donors (Lipinski definition) is 8. The second-order valence-electron chi connectivity index (χ2n) is 19.9. The van der Waals surface area contributed by atoms with Gasteiger partial charge in [-0.2, -0.15) is 0 Å². The molecule has 398 valence electrons. The van der Waals surface area contributed by atoms with Crippen LogP contribution in [0.1, 0.15) is 136 Å². The number of ether oxygens (including phenoxy) is 3. The number of amides is 6. The first-order chi connectivity index (χ1) is 33.4. The Labute approximate surface area is 433 Å². The highest BCUT2D eigenvalue weighted by molar-refractivity contribution is 14.1. The zero-order valence-corrected chi connectivity index (χ0v) is 44.6. The van der Waals surface area contributed by atoms with Gasteiger partial charge in [0.05, 0.1) is 0 Å². The molecule has 6 amide bonds. The zero-order chi connectivity index (χ0) is 54.4. The Morgan fingerprint density at radius 1 is 0.528 bits per heavy atom. The number of rotatable bonds is 27. The van der Waals surface area contributed by atoms with Crippen LogP contribution in [0.2, 0.25) is 0 Å². The summed E-state index contributed by atoms with van der Waals surface area (Å²) in [7, 11) is 0. The summed E-state index contributed by atoms with van der Waals surface area (Å²) >= 11 is 2.08. The Balaban J connectivity index is 2.35. The highest BCUT2D eigenvalue weighted by Crippen LogP contribution is 2.16. The topological polar surface area (TPSA) is 311 Å². The first-order valence-corrected chi connectivity index (χ1v) is 24.7. The molecule has 0 saturated carbocycles. The Kier molecular flexibility index (Phi) is 25.1. The van der Waals surface area contributed by atoms with Crippen LogP contribution in [0.15, 0.2) is 54.6 Å². The van der Waals surface area contributed by atoms with Crippen LogP contribution in [-0.4, -0.2) is 123 Å². The van der Waals surface area contributed by atoms with Gasteiger partial charge in [0.15, 0.2) is 0 Å². The molecule has 0 fully saturated rings. The molecule has 0 saturated heterocycles. The van der Waals surface area contributed by atoms with Crippen molar-refractivity contribution in [2.24, 2.45) is 0 Å². The van der Waals surface area contributed by atoms with Crippen molar-refractivity contribution in [2.75, 3.05) is 6.54 Å². The van der Waals surface area contributed by atoms with Gasteiger partial charge in [0, 0.05) is 41.4 Å². The van der Waals surface area contributed by atoms with Crippen molar-refractivity contribution >= 4 is 82.1 Å². The van der Waals surface area contributed by atoms with E-state index in [1.54, 1.807) is 117 Å². The van der Waals surface area contributed by atoms with E-state index in [1.807, 2.05) is 0 Å². The minimum atomic E-state index is -1.55. The van der Waals surface area contributed by atoms with Crippen molar-refractivity contribution in [3.63, 3.8) is 0 Å². The average molecular weight is 1120 g/mol. The number of benzene rings is 2. The fourth-order valence-corrected chi connectivity index (χ4v) is 6.97. The Morgan fingerprint density at radius 3 is 1.51 bits per heavy atom. The second kappa shape index (κ2) is 29.3. The second-order valence-corrected chi connectivity index (χ2v) is 21.2. The van der Waals surface area contributed by atoms with E-state index in [2.05, 4.69) is 54.5 Å². The quantitative estimate of drug-likeness (QED) is 0.0265. The molecule has 22 heteroatoms. The van der Waals surface area contributed by atoms with Crippen LogP contribution in [0.4, 0.5) is 4.79 Å². The fraction of sp³-hybridized carbons (Fsp3) is 0.560.